The number of aromatic nitrogens is 1. The van der Waals surface area contributed by atoms with Gasteiger partial charge in [-0.2, -0.15) is 0 Å². The number of nitrogen functional groups attached to an aromatic ring is 1. The van der Waals surface area contributed by atoms with Crippen LogP contribution in [0.5, 0.6) is 0 Å². The molecule has 0 atom stereocenters. The molecule has 2 rings (SSSR count). The van der Waals surface area contributed by atoms with Gasteiger partial charge in [-0.1, -0.05) is 12.1 Å². The van der Waals surface area contributed by atoms with E-state index in [9.17, 15) is 4.39 Å². The van der Waals surface area contributed by atoms with Crippen LogP contribution in [0.4, 0.5) is 4.39 Å². The van der Waals surface area contributed by atoms with Gasteiger partial charge >= 0.3 is 0 Å². The molecule has 1 aromatic heterocycles. The molecule has 92 valence electrons. The van der Waals surface area contributed by atoms with Crippen molar-refractivity contribution in [3.8, 4) is 0 Å². The van der Waals surface area contributed by atoms with E-state index in [0.717, 1.165) is 5.56 Å². The lowest BCUT2D eigenvalue weighted by molar-refractivity contribution is 0.602. The molecular weight excluding hydrogens is 249 g/mol. The molecule has 0 aliphatic carbocycles. The standard InChI is InChI=1S/C13H12FN3S/c14-10-3-1-2-4-12(10)18-8-9-5-6-17-11(7-9)13(15)16/h1-7H,8H2,(H3,15,16). The van der Waals surface area contributed by atoms with Gasteiger partial charge in [0.15, 0.2) is 0 Å². The highest BCUT2D eigenvalue weighted by Crippen LogP contribution is 2.25. The molecule has 0 bridgehead atoms. The Balaban J connectivity index is 2.09. The van der Waals surface area contributed by atoms with E-state index in [-0.39, 0.29) is 11.7 Å². The smallest absolute Gasteiger partial charge is 0.141 e. The van der Waals surface area contributed by atoms with Crippen molar-refractivity contribution in [1.29, 1.82) is 5.41 Å². The van der Waals surface area contributed by atoms with Crippen molar-refractivity contribution in [1.82, 2.24) is 4.98 Å². The predicted octanol–water partition coefficient (Wildman–Crippen LogP) is 2.80. The molecule has 18 heavy (non-hydrogen) atoms. The number of hydrogen-bond donors (Lipinski definition) is 2. The van der Waals surface area contributed by atoms with E-state index in [1.807, 2.05) is 6.07 Å². The maximum absolute atomic E-state index is 13.4. The number of nitrogens with zero attached hydrogens (tertiary/aromatic N) is 1. The molecule has 0 fully saturated rings. The Morgan fingerprint density at radius 1 is 1.33 bits per heavy atom. The Morgan fingerprint density at radius 3 is 2.83 bits per heavy atom. The molecular formula is C13H12FN3S. The van der Waals surface area contributed by atoms with Crippen LogP contribution in [0.2, 0.25) is 0 Å². The Morgan fingerprint density at radius 2 is 2.11 bits per heavy atom. The second-order valence-electron chi connectivity index (χ2n) is 3.68. The third-order valence-electron chi connectivity index (χ3n) is 2.33. The van der Waals surface area contributed by atoms with E-state index in [1.165, 1.54) is 17.8 Å². The first-order valence-electron chi connectivity index (χ1n) is 5.33. The summed E-state index contributed by atoms with van der Waals surface area (Å²) in [5.74, 6) is 0.333. The van der Waals surface area contributed by atoms with Crippen molar-refractivity contribution < 1.29 is 4.39 Å². The first-order valence-corrected chi connectivity index (χ1v) is 6.32. The largest absolute Gasteiger partial charge is 0.382 e. The van der Waals surface area contributed by atoms with Crippen molar-refractivity contribution >= 4 is 17.6 Å². The van der Waals surface area contributed by atoms with Crippen LogP contribution < -0.4 is 5.73 Å². The zero-order valence-corrected chi connectivity index (χ0v) is 10.4. The quantitative estimate of drug-likeness (QED) is 0.505. The van der Waals surface area contributed by atoms with Gasteiger partial charge in [0, 0.05) is 16.8 Å². The van der Waals surface area contributed by atoms with Gasteiger partial charge in [-0.3, -0.25) is 10.4 Å². The minimum atomic E-state index is -0.219. The van der Waals surface area contributed by atoms with E-state index in [2.05, 4.69) is 4.98 Å². The lowest BCUT2D eigenvalue weighted by Crippen LogP contribution is -2.13. The summed E-state index contributed by atoms with van der Waals surface area (Å²) in [5.41, 5.74) is 6.78. The summed E-state index contributed by atoms with van der Waals surface area (Å²) < 4.78 is 13.4. The van der Waals surface area contributed by atoms with Crippen molar-refractivity contribution in [2.75, 3.05) is 0 Å². The minimum Gasteiger partial charge on any atom is -0.382 e. The molecule has 2 aromatic rings. The van der Waals surface area contributed by atoms with Crippen LogP contribution in [0.25, 0.3) is 0 Å². The Labute approximate surface area is 109 Å². The number of hydrogen-bond acceptors (Lipinski definition) is 3. The van der Waals surface area contributed by atoms with Crippen LogP contribution in [0.1, 0.15) is 11.3 Å². The summed E-state index contributed by atoms with van der Waals surface area (Å²) in [5, 5.41) is 7.31. The zero-order chi connectivity index (χ0) is 13.0. The van der Waals surface area contributed by atoms with Crippen LogP contribution in [0.3, 0.4) is 0 Å². The fourth-order valence-corrected chi connectivity index (χ4v) is 2.32. The number of benzene rings is 1. The van der Waals surface area contributed by atoms with Gasteiger partial charge in [0.1, 0.15) is 17.3 Å². The van der Waals surface area contributed by atoms with Gasteiger partial charge in [0.25, 0.3) is 0 Å². The van der Waals surface area contributed by atoms with Crippen molar-refractivity contribution in [3.05, 3.63) is 59.7 Å². The number of pyridine rings is 1. The van der Waals surface area contributed by atoms with Crippen LogP contribution in [0.15, 0.2) is 47.5 Å². The molecule has 0 radical (unpaired) electrons. The van der Waals surface area contributed by atoms with Crippen LogP contribution in [-0.2, 0) is 5.75 Å². The minimum absolute atomic E-state index is 0.0623. The van der Waals surface area contributed by atoms with Crippen molar-refractivity contribution in [3.63, 3.8) is 0 Å². The van der Waals surface area contributed by atoms with Crippen LogP contribution in [0, 0.1) is 11.2 Å². The highest BCUT2D eigenvalue weighted by molar-refractivity contribution is 7.98. The van der Waals surface area contributed by atoms with Crippen LogP contribution >= 0.6 is 11.8 Å². The molecule has 0 aliphatic rings. The SMILES string of the molecule is N=C(N)c1cc(CSc2ccccc2F)ccn1. The highest BCUT2D eigenvalue weighted by Gasteiger charge is 2.04. The van der Waals surface area contributed by atoms with Gasteiger partial charge in [0.05, 0.1) is 0 Å². The maximum Gasteiger partial charge on any atom is 0.141 e. The van der Waals surface area contributed by atoms with Gasteiger partial charge in [0.2, 0.25) is 0 Å². The zero-order valence-electron chi connectivity index (χ0n) is 9.56. The van der Waals surface area contributed by atoms with Gasteiger partial charge in [-0.05, 0) is 29.8 Å². The molecule has 0 spiro atoms. The number of thioether (sulfide) groups is 1. The topological polar surface area (TPSA) is 62.8 Å². The summed E-state index contributed by atoms with van der Waals surface area (Å²) in [6, 6.07) is 10.2. The van der Waals surface area contributed by atoms with Gasteiger partial charge in [-0.15, -0.1) is 11.8 Å². The average molecular weight is 261 g/mol. The molecule has 0 amide bonds. The van der Waals surface area contributed by atoms with Crippen LogP contribution in [-0.4, -0.2) is 10.8 Å². The van der Waals surface area contributed by atoms with Crippen molar-refractivity contribution in [2.24, 2.45) is 5.73 Å². The van der Waals surface area contributed by atoms with E-state index in [4.69, 9.17) is 11.1 Å². The molecule has 3 N–H and O–H groups in total. The third-order valence-corrected chi connectivity index (χ3v) is 3.45. The van der Waals surface area contributed by atoms with E-state index >= 15 is 0 Å². The molecule has 1 heterocycles. The second-order valence-corrected chi connectivity index (χ2v) is 4.70. The second kappa shape index (κ2) is 5.64. The molecule has 0 aliphatic heterocycles. The Bertz CT molecular complexity index is 572. The Kier molecular flexibility index (Phi) is 3.94. The summed E-state index contributed by atoms with van der Waals surface area (Å²) in [6.07, 6.45) is 1.61. The van der Waals surface area contributed by atoms with Crippen molar-refractivity contribution in [2.45, 2.75) is 10.6 Å². The van der Waals surface area contributed by atoms with E-state index in [1.54, 1.807) is 30.5 Å². The molecule has 3 nitrogen and oxygen atoms in total. The van der Waals surface area contributed by atoms with E-state index in [0.29, 0.717) is 16.3 Å². The predicted molar refractivity (Wildman–Crippen MR) is 71.2 cm³/mol. The first kappa shape index (κ1) is 12.6. The molecule has 5 heteroatoms. The summed E-state index contributed by atoms with van der Waals surface area (Å²) in [4.78, 5) is 4.59. The fourth-order valence-electron chi connectivity index (χ4n) is 1.43. The monoisotopic (exact) mass is 261 g/mol. The number of nitrogens with one attached hydrogen (secondary N) is 1. The average Bonchev–Trinajstić information content (AvgIpc) is 2.38. The molecule has 1 aromatic carbocycles. The molecule has 0 unspecified atom stereocenters. The van der Waals surface area contributed by atoms with E-state index < -0.39 is 0 Å². The molecule has 0 saturated carbocycles. The number of rotatable bonds is 4. The lowest BCUT2D eigenvalue weighted by Gasteiger charge is -2.04. The third kappa shape index (κ3) is 3.07. The maximum atomic E-state index is 13.4. The number of halogens is 1. The van der Waals surface area contributed by atoms with Gasteiger partial charge in [-0.25, -0.2) is 4.39 Å². The normalized spacial score (nSPS) is 10.3. The fraction of sp³-hybridized carbons (Fsp3) is 0.0769. The van der Waals surface area contributed by atoms with Gasteiger partial charge < -0.3 is 5.73 Å². The highest BCUT2D eigenvalue weighted by atomic mass is 32.2. The summed E-state index contributed by atoms with van der Waals surface area (Å²) in [6.45, 7) is 0. The summed E-state index contributed by atoms with van der Waals surface area (Å²) in [7, 11) is 0. The molecule has 0 saturated heterocycles. The first-order chi connectivity index (χ1) is 8.66. The number of nitrogens with two attached hydrogens (primary N) is 1. The Hall–Kier alpha value is -1.88. The lowest BCUT2D eigenvalue weighted by atomic mass is 10.2. The number of amidine groups is 1. The summed E-state index contributed by atoms with van der Waals surface area (Å²) >= 11 is 1.41.